The lowest BCUT2D eigenvalue weighted by Crippen LogP contribution is -2.17. The van der Waals surface area contributed by atoms with Crippen molar-refractivity contribution in [3.63, 3.8) is 0 Å². The molecule has 0 radical (unpaired) electrons. The van der Waals surface area contributed by atoms with Crippen LogP contribution in [0.4, 0.5) is 0 Å². The van der Waals surface area contributed by atoms with E-state index in [1.807, 2.05) is 25.1 Å². The highest BCUT2D eigenvalue weighted by atomic mass is 35.5. The van der Waals surface area contributed by atoms with E-state index in [1.54, 1.807) is 36.4 Å². The van der Waals surface area contributed by atoms with E-state index in [-0.39, 0.29) is 6.61 Å². The normalized spacial score (nSPS) is 10.7. The molecule has 0 unspecified atom stereocenters. The fourth-order valence-corrected chi connectivity index (χ4v) is 3.54. The standard InChI is InChI=1S/C25H24Cl2N2O5/c1-4-33-23-12-17(11-20(27)24(23)34-15-16-6-5-7-19(26)10-16)14-28-29-25(30)18-8-9-21(31-2)22(13-18)32-3/h5-14H,4,15H2,1-3H3,(H,29,30)/b28-14+. The third-order valence-corrected chi connectivity index (χ3v) is 5.15. The van der Waals surface area contributed by atoms with Gasteiger partial charge in [0.2, 0.25) is 0 Å². The van der Waals surface area contributed by atoms with Gasteiger partial charge in [-0.2, -0.15) is 5.10 Å². The van der Waals surface area contributed by atoms with Gasteiger partial charge in [-0.25, -0.2) is 5.43 Å². The highest BCUT2D eigenvalue weighted by Gasteiger charge is 2.13. The Hall–Kier alpha value is -3.42. The monoisotopic (exact) mass is 502 g/mol. The van der Waals surface area contributed by atoms with Crippen LogP contribution in [0.2, 0.25) is 10.0 Å². The number of methoxy groups -OCH3 is 2. The van der Waals surface area contributed by atoms with Crippen molar-refractivity contribution in [2.75, 3.05) is 20.8 Å². The molecule has 1 amide bonds. The number of hydrogen-bond acceptors (Lipinski definition) is 6. The molecule has 0 saturated carbocycles. The van der Waals surface area contributed by atoms with Gasteiger partial charge in [0.05, 0.1) is 32.1 Å². The fraction of sp³-hybridized carbons (Fsp3) is 0.200. The van der Waals surface area contributed by atoms with Crippen LogP contribution < -0.4 is 24.4 Å². The van der Waals surface area contributed by atoms with Crippen LogP contribution in [0.3, 0.4) is 0 Å². The molecular formula is C25H24Cl2N2O5. The molecule has 0 aliphatic carbocycles. The van der Waals surface area contributed by atoms with Gasteiger partial charge in [-0.15, -0.1) is 0 Å². The number of hydrazone groups is 1. The average molecular weight is 503 g/mol. The van der Waals surface area contributed by atoms with E-state index < -0.39 is 5.91 Å². The van der Waals surface area contributed by atoms with Gasteiger partial charge in [-0.3, -0.25) is 4.79 Å². The summed E-state index contributed by atoms with van der Waals surface area (Å²) < 4.78 is 22.0. The van der Waals surface area contributed by atoms with Crippen LogP contribution >= 0.6 is 23.2 Å². The molecule has 0 aliphatic heterocycles. The lowest BCUT2D eigenvalue weighted by molar-refractivity contribution is 0.0954. The highest BCUT2D eigenvalue weighted by molar-refractivity contribution is 6.32. The Morgan fingerprint density at radius 1 is 0.971 bits per heavy atom. The van der Waals surface area contributed by atoms with Gasteiger partial charge in [0.1, 0.15) is 6.61 Å². The van der Waals surface area contributed by atoms with Gasteiger partial charge in [0, 0.05) is 10.6 Å². The minimum Gasteiger partial charge on any atom is -0.493 e. The molecule has 7 nitrogen and oxygen atoms in total. The zero-order valence-corrected chi connectivity index (χ0v) is 20.4. The van der Waals surface area contributed by atoms with E-state index in [2.05, 4.69) is 10.5 Å². The van der Waals surface area contributed by atoms with Gasteiger partial charge >= 0.3 is 0 Å². The molecule has 0 spiro atoms. The van der Waals surface area contributed by atoms with Crippen molar-refractivity contribution in [1.29, 1.82) is 0 Å². The molecule has 0 aliphatic rings. The molecule has 9 heteroatoms. The zero-order chi connectivity index (χ0) is 24.5. The number of rotatable bonds is 10. The van der Waals surface area contributed by atoms with Crippen LogP contribution in [-0.4, -0.2) is 32.9 Å². The van der Waals surface area contributed by atoms with E-state index in [9.17, 15) is 4.79 Å². The first-order valence-corrected chi connectivity index (χ1v) is 11.1. The second-order valence-electron chi connectivity index (χ2n) is 6.95. The summed E-state index contributed by atoms with van der Waals surface area (Å²) in [5, 5.41) is 5.00. The van der Waals surface area contributed by atoms with Crippen LogP contribution in [0.1, 0.15) is 28.4 Å². The van der Waals surface area contributed by atoms with Crippen LogP contribution in [-0.2, 0) is 6.61 Å². The number of amides is 1. The molecule has 3 aromatic rings. The Morgan fingerprint density at radius 3 is 2.47 bits per heavy atom. The first-order chi connectivity index (χ1) is 16.4. The predicted molar refractivity (Wildman–Crippen MR) is 133 cm³/mol. The summed E-state index contributed by atoms with van der Waals surface area (Å²) >= 11 is 12.5. The van der Waals surface area contributed by atoms with Crippen LogP contribution in [0.15, 0.2) is 59.7 Å². The fourth-order valence-electron chi connectivity index (χ4n) is 3.06. The van der Waals surface area contributed by atoms with Gasteiger partial charge < -0.3 is 18.9 Å². The Morgan fingerprint density at radius 2 is 1.76 bits per heavy atom. The average Bonchev–Trinajstić information content (AvgIpc) is 2.83. The van der Waals surface area contributed by atoms with Gasteiger partial charge in [-0.05, 0) is 60.5 Å². The minimum absolute atomic E-state index is 0.273. The number of nitrogens with zero attached hydrogens (tertiary/aromatic N) is 1. The number of carbonyl (C=O) groups is 1. The summed E-state index contributed by atoms with van der Waals surface area (Å²) in [5.74, 6) is 1.44. The highest BCUT2D eigenvalue weighted by Crippen LogP contribution is 2.37. The smallest absolute Gasteiger partial charge is 0.271 e. The van der Waals surface area contributed by atoms with Crippen LogP contribution in [0, 0.1) is 0 Å². The third kappa shape index (κ3) is 6.56. The van der Waals surface area contributed by atoms with Crippen molar-refractivity contribution in [2.24, 2.45) is 5.10 Å². The van der Waals surface area contributed by atoms with Crippen molar-refractivity contribution in [2.45, 2.75) is 13.5 Å². The molecule has 3 rings (SSSR count). The number of carbonyl (C=O) groups excluding carboxylic acids is 1. The van der Waals surface area contributed by atoms with Crippen molar-refractivity contribution < 1.29 is 23.7 Å². The van der Waals surface area contributed by atoms with E-state index >= 15 is 0 Å². The van der Waals surface area contributed by atoms with Crippen molar-refractivity contribution >= 4 is 35.3 Å². The van der Waals surface area contributed by atoms with E-state index in [4.69, 9.17) is 42.1 Å². The molecule has 1 N–H and O–H groups in total. The summed E-state index contributed by atoms with van der Waals surface area (Å²) in [6.45, 7) is 2.55. The maximum atomic E-state index is 12.4. The molecule has 0 heterocycles. The summed E-state index contributed by atoms with van der Waals surface area (Å²) in [6.07, 6.45) is 1.47. The molecule has 0 atom stereocenters. The first-order valence-electron chi connectivity index (χ1n) is 10.3. The van der Waals surface area contributed by atoms with Crippen LogP contribution in [0.25, 0.3) is 0 Å². The SMILES string of the molecule is CCOc1cc(/C=N/NC(=O)c2ccc(OC)c(OC)c2)cc(Cl)c1OCc1cccc(Cl)c1. The number of hydrogen-bond donors (Lipinski definition) is 1. The predicted octanol–water partition coefficient (Wildman–Crippen LogP) is 5.75. The van der Waals surface area contributed by atoms with Gasteiger partial charge in [0.15, 0.2) is 23.0 Å². The summed E-state index contributed by atoms with van der Waals surface area (Å²) in [5.41, 5.74) is 4.37. The molecule has 0 aromatic heterocycles. The summed E-state index contributed by atoms with van der Waals surface area (Å²) in [6, 6.07) is 15.6. The maximum Gasteiger partial charge on any atom is 0.271 e. The van der Waals surface area contributed by atoms with Gasteiger partial charge in [0.25, 0.3) is 5.91 Å². The van der Waals surface area contributed by atoms with E-state index in [1.165, 1.54) is 20.4 Å². The number of nitrogens with one attached hydrogen (secondary N) is 1. The van der Waals surface area contributed by atoms with Gasteiger partial charge in [-0.1, -0.05) is 35.3 Å². The topological polar surface area (TPSA) is 78.4 Å². The first kappa shape index (κ1) is 25.2. The Labute approximate surface area is 208 Å². The molecule has 0 saturated heterocycles. The van der Waals surface area contributed by atoms with Crippen molar-refractivity contribution in [3.05, 3.63) is 81.3 Å². The second-order valence-corrected chi connectivity index (χ2v) is 7.79. The van der Waals surface area contributed by atoms with Crippen LogP contribution in [0.5, 0.6) is 23.0 Å². The molecule has 178 valence electrons. The number of benzene rings is 3. The molecular weight excluding hydrogens is 479 g/mol. The minimum atomic E-state index is -0.408. The zero-order valence-electron chi connectivity index (χ0n) is 18.9. The lowest BCUT2D eigenvalue weighted by atomic mass is 10.2. The Balaban J connectivity index is 1.72. The summed E-state index contributed by atoms with van der Waals surface area (Å²) in [4.78, 5) is 12.4. The Kier molecular flexibility index (Phi) is 9.01. The van der Waals surface area contributed by atoms with E-state index in [0.29, 0.717) is 50.8 Å². The third-order valence-electron chi connectivity index (χ3n) is 4.63. The maximum absolute atomic E-state index is 12.4. The lowest BCUT2D eigenvalue weighted by Gasteiger charge is -2.14. The largest absolute Gasteiger partial charge is 0.493 e. The Bertz CT molecular complexity index is 1180. The second kappa shape index (κ2) is 12.2. The molecule has 0 bridgehead atoms. The molecule has 0 fully saturated rings. The molecule has 3 aromatic carbocycles. The summed E-state index contributed by atoms with van der Waals surface area (Å²) in [7, 11) is 3.02. The van der Waals surface area contributed by atoms with Crippen molar-refractivity contribution in [3.8, 4) is 23.0 Å². The van der Waals surface area contributed by atoms with E-state index in [0.717, 1.165) is 5.56 Å². The quantitative estimate of drug-likeness (QED) is 0.282. The van der Waals surface area contributed by atoms with Crippen molar-refractivity contribution in [1.82, 2.24) is 5.43 Å². The number of ether oxygens (including phenoxy) is 4. The molecule has 34 heavy (non-hydrogen) atoms. The number of halogens is 2.